The van der Waals surface area contributed by atoms with Crippen molar-refractivity contribution in [2.45, 2.75) is 19.5 Å². The molecular formula is C19H23ClN2O2. The standard InChI is InChI=1S/C19H23ClN2O2/c1-14(17-9-4-5-10-18(17)24-3)21-19(23)13-22(2)12-15-7-6-8-16(20)11-15/h4-11,14H,12-13H2,1-3H3,(H,21,23). The Balaban J connectivity index is 1.90. The van der Waals surface area contributed by atoms with Gasteiger partial charge in [0.05, 0.1) is 19.7 Å². The van der Waals surface area contributed by atoms with Crippen molar-refractivity contribution in [2.24, 2.45) is 0 Å². The van der Waals surface area contributed by atoms with Crippen LogP contribution in [0.25, 0.3) is 0 Å². The molecule has 128 valence electrons. The number of benzene rings is 2. The molecule has 0 spiro atoms. The minimum atomic E-state index is -0.117. The molecule has 2 rings (SSSR count). The molecule has 1 amide bonds. The predicted octanol–water partition coefficient (Wildman–Crippen LogP) is 3.66. The third-order valence-electron chi connectivity index (χ3n) is 3.74. The van der Waals surface area contributed by atoms with E-state index in [0.29, 0.717) is 18.1 Å². The molecule has 0 aromatic heterocycles. The maximum Gasteiger partial charge on any atom is 0.234 e. The number of amides is 1. The summed E-state index contributed by atoms with van der Waals surface area (Å²) < 4.78 is 5.35. The van der Waals surface area contributed by atoms with Gasteiger partial charge in [0.25, 0.3) is 0 Å². The minimum Gasteiger partial charge on any atom is -0.496 e. The van der Waals surface area contributed by atoms with E-state index in [2.05, 4.69) is 5.32 Å². The van der Waals surface area contributed by atoms with Gasteiger partial charge >= 0.3 is 0 Å². The van der Waals surface area contributed by atoms with Crippen LogP contribution in [0.5, 0.6) is 5.75 Å². The number of hydrogen-bond acceptors (Lipinski definition) is 3. The lowest BCUT2D eigenvalue weighted by molar-refractivity contribution is -0.122. The van der Waals surface area contributed by atoms with Gasteiger partial charge in [0, 0.05) is 17.1 Å². The fraction of sp³-hybridized carbons (Fsp3) is 0.316. The second-order valence-electron chi connectivity index (χ2n) is 5.83. The summed E-state index contributed by atoms with van der Waals surface area (Å²) in [5, 5.41) is 3.72. The van der Waals surface area contributed by atoms with Crippen LogP contribution in [-0.4, -0.2) is 31.5 Å². The Labute approximate surface area is 148 Å². The predicted molar refractivity (Wildman–Crippen MR) is 97.3 cm³/mol. The number of halogens is 1. The summed E-state index contributed by atoms with van der Waals surface area (Å²) >= 11 is 5.99. The van der Waals surface area contributed by atoms with Crippen LogP contribution in [0.2, 0.25) is 5.02 Å². The number of ether oxygens (including phenoxy) is 1. The summed E-state index contributed by atoms with van der Waals surface area (Å²) in [6.45, 7) is 2.93. The molecule has 0 fully saturated rings. The lowest BCUT2D eigenvalue weighted by atomic mass is 10.1. The van der Waals surface area contributed by atoms with Crippen molar-refractivity contribution in [3.05, 3.63) is 64.7 Å². The number of carbonyl (C=O) groups is 1. The number of nitrogens with one attached hydrogen (secondary N) is 1. The highest BCUT2D eigenvalue weighted by molar-refractivity contribution is 6.30. The van der Waals surface area contributed by atoms with Crippen molar-refractivity contribution in [1.82, 2.24) is 10.2 Å². The Bertz CT molecular complexity index is 691. The van der Waals surface area contributed by atoms with E-state index >= 15 is 0 Å². The first kappa shape index (κ1) is 18.3. The van der Waals surface area contributed by atoms with Gasteiger partial charge in [0.15, 0.2) is 0 Å². The van der Waals surface area contributed by atoms with E-state index in [1.165, 1.54) is 0 Å². The lowest BCUT2D eigenvalue weighted by Gasteiger charge is -2.20. The fourth-order valence-electron chi connectivity index (χ4n) is 2.64. The van der Waals surface area contributed by atoms with Gasteiger partial charge in [-0.2, -0.15) is 0 Å². The average Bonchev–Trinajstić information content (AvgIpc) is 2.54. The number of rotatable bonds is 7. The largest absolute Gasteiger partial charge is 0.496 e. The zero-order chi connectivity index (χ0) is 17.5. The van der Waals surface area contributed by atoms with Crippen molar-refractivity contribution in [3.8, 4) is 5.75 Å². The van der Waals surface area contributed by atoms with E-state index in [1.54, 1.807) is 7.11 Å². The van der Waals surface area contributed by atoms with Crippen molar-refractivity contribution in [2.75, 3.05) is 20.7 Å². The van der Waals surface area contributed by atoms with E-state index in [4.69, 9.17) is 16.3 Å². The first-order valence-corrected chi connectivity index (χ1v) is 8.22. The van der Waals surface area contributed by atoms with Crippen LogP contribution in [0.15, 0.2) is 48.5 Å². The van der Waals surface area contributed by atoms with Crippen molar-refractivity contribution in [3.63, 3.8) is 0 Å². The van der Waals surface area contributed by atoms with Crippen LogP contribution in [0.1, 0.15) is 24.1 Å². The molecule has 5 heteroatoms. The monoisotopic (exact) mass is 346 g/mol. The summed E-state index contributed by atoms with van der Waals surface area (Å²) in [4.78, 5) is 14.2. The highest BCUT2D eigenvalue weighted by Gasteiger charge is 2.14. The molecule has 0 saturated heterocycles. The van der Waals surface area contributed by atoms with Gasteiger partial charge in [-0.3, -0.25) is 9.69 Å². The zero-order valence-electron chi connectivity index (χ0n) is 14.3. The summed E-state index contributed by atoms with van der Waals surface area (Å²) in [7, 11) is 3.54. The van der Waals surface area contributed by atoms with Crippen LogP contribution < -0.4 is 10.1 Å². The highest BCUT2D eigenvalue weighted by Crippen LogP contribution is 2.24. The Kier molecular flexibility index (Phi) is 6.64. The van der Waals surface area contributed by atoms with Gasteiger partial charge < -0.3 is 10.1 Å². The molecule has 0 aliphatic heterocycles. The average molecular weight is 347 g/mol. The first-order valence-electron chi connectivity index (χ1n) is 7.85. The molecule has 2 aromatic rings. The molecule has 1 unspecified atom stereocenters. The van der Waals surface area contributed by atoms with Gasteiger partial charge in [-0.1, -0.05) is 41.9 Å². The third kappa shape index (κ3) is 5.25. The molecular weight excluding hydrogens is 324 g/mol. The number of para-hydroxylation sites is 1. The molecule has 0 saturated carbocycles. The molecule has 24 heavy (non-hydrogen) atoms. The molecule has 2 aromatic carbocycles. The van der Waals surface area contributed by atoms with Gasteiger partial charge in [-0.05, 0) is 37.7 Å². The summed E-state index contributed by atoms with van der Waals surface area (Å²) in [6, 6.07) is 15.2. The second kappa shape index (κ2) is 8.71. The Hall–Kier alpha value is -2.04. The van der Waals surface area contributed by atoms with Crippen molar-refractivity contribution < 1.29 is 9.53 Å². The van der Waals surface area contributed by atoms with Crippen LogP contribution >= 0.6 is 11.6 Å². The molecule has 1 N–H and O–H groups in total. The van der Waals surface area contributed by atoms with E-state index in [-0.39, 0.29) is 11.9 Å². The Morgan fingerprint density at radius 1 is 1.25 bits per heavy atom. The van der Waals surface area contributed by atoms with Crippen LogP contribution in [0.3, 0.4) is 0 Å². The van der Waals surface area contributed by atoms with E-state index in [9.17, 15) is 4.79 Å². The van der Waals surface area contributed by atoms with Gasteiger partial charge in [-0.15, -0.1) is 0 Å². The van der Waals surface area contributed by atoms with Gasteiger partial charge in [-0.25, -0.2) is 0 Å². The minimum absolute atomic E-state index is 0.0297. The number of nitrogens with zero attached hydrogens (tertiary/aromatic N) is 1. The zero-order valence-corrected chi connectivity index (χ0v) is 15.0. The molecule has 0 bridgehead atoms. The lowest BCUT2D eigenvalue weighted by Crippen LogP contribution is -2.36. The summed E-state index contributed by atoms with van der Waals surface area (Å²) in [5.41, 5.74) is 2.04. The number of likely N-dealkylation sites (N-methyl/N-ethyl adjacent to an activating group) is 1. The van der Waals surface area contributed by atoms with Crippen LogP contribution in [0.4, 0.5) is 0 Å². The van der Waals surface area contributed by atoms with Crippen LogP contribution in [0, 0.1) is 0 Å². The maximum atomic E-state index is 12.3. The SMILES string of the molecule is COc1ccccc1C(C)NC(=O)CN(C)Cc1cccc(Cl)c1. The van der Waals surface area contributed by atoms with Crippen molar-refractivity contribution in [1.29, 1.82) is 0 Å². The molecule has 0 radical (unpaired) electrons. The van der Waals surface area contributed by atoms with E-state index in [1.807, 2.05) is 67.4 Å². The second-order valence-corrected chi connectivity index (χ2v) is 6.27. The number of carbonyl (C=O) groups excluding carboxylic acids is 1. The molecule has 0 heterocycles. The van der Waals surface area contributed by atoms with Crippen molar-refractivity contribution >= 4 is 17.5 Å². The quantitative estimate of drug-likeness (QED) is 0.832. The molecule has 1 atom stereocenters. The molecule has 0 aliphatic carbocycles. The molecule has 4 nitrogen and oxygen atoms in total. The smallest absolute Gasteiger partial charge is 0.234 e. The fourth-order valence-corrected chi connectivity index (χ4v) is 2.85. The van der Waals surface area contributed by atoms with Gasteiger partial charge in [0.2, 0.25) is 5.91 Å². The van der Waals surface area contributed by atoms with E-state index in [0.717, 1.165) is 16.9 Å². The Morgan fingerprint density at radius 3 is 2.71 bits per heavy atom. The third-order valence-corrected chi connectivity index (χ3v) is 3.97. The van der Waals surface area contributed by atoms with Gasteiger partial charge in [0.1, 0.15) is 5.75 Å². The topological polar surface area (TPSA) is 41.6 Å². The summed E-state index contributed by atoms with van der Waals surface area (Å²) in [5.74, 6) is 0.746. The Morgan fingerprint density at radius 2 is 2.00 bits per heavy atom. The normalized spacial score (nSPS) is 12.0. The number of methoxy groups -OCH3 is 1. The summed E-state index contributed by atoms with van der Waals surface area (Å²) in [6.07, 6.45) is 0. The highest BCUT2D eigenvalue weighted by atomic mass is 35.5. The maximum absolute atomic E-state index is 12.3. The van der Waals surface area contributed by atoms with Crippen LogP contribution in [-0.2, 0) is 11.3 Å². The van der Waals surface area contributed by atoms with E-state index < -0.39 is 0 Å². The number of hydrogen-bond donors (Lipinski definition) is 1. The molecule has 0 aliphatic rings. The first-order chi connectivity index (χ1) is 11.5.